The molecule has 14 heteroatoms. The molecule has 0 aromatic carbocycles. The van der Waals surface area contributed by atoms with E-state index in [1.807, 2.05) is 0 Å². The van der Waals surface area contributed by atoms with E-state index in [0.29, 0.717) is 6.92 Å². The third kappa shape index (κ3) is 5.85. The van der Waals surface area contributed by atoms with Gasteiger partial charge in [-0.05, 0) is 6.92 Å². The fourth-order valence-electron chi connectivity index (χ4n) is 1.24. The predicted octanol–water partition coefficient (Wildman–Crippen LogP) is -4.74. The van der Waals surface area contributed by atoms with E-state index in [9.17, 15) is 33.9 Å². The highest BCUT2D eigenvalue weighted by Gasteiger charge is 2.56. The topological polar surface area (TPSA) is 220 Å². The van der Waals surface area contributed by atoms with Crippen molar-refractivity contribution in [2.75, 3.05) is 13.2 Å². The first-order valence-corrected chi connectivity index (χ1v) is 6.50. The van der Waals surface area contributed by atoms with Crippen LogP contribution in [0.3, 0.4) is 0 Å². The number of aliphatic hydroxyl groups excluding tert-OH is 4. The van der Waals surface area contributed by atoms with E-state index < -0.39 is 67.2 Å². The molecule has 0 radical (unpaired) electrons. The van der Waals surface area contributed by atoms with Crippen LogP contribution in [0.4, 0.5) is 0 Å². The lowest BCUT2D eigenvalue weighted by molar-refractivity contribution is -0.273. The highest BCUT2D eigenvalue weighted by Crippen LogP contribution is 2.22. The number of ketones is 1. The fraction of sp³-hybridized carbons (Fsp3) is 0.500. The molecule has 0 rings (SSSR count). The Morgan fingerprint density at radius 1 is 1.04 bits per heavy atom. The highest BCUT2D eigenvalue weighted by molar-refractivity contribution is 6.37. The summed E-state index contributed by atoms with van der Waals surface area (Å²) in [6.07, 6.45) is -4.89. The van der Waals surface area contributed by atoms with E-state index in [2.05, 4.69) is 19.2 Å². The molecule has 4 N–H and O–H groups in total. The first-order valence-electron chi connectivity index (χ1n) is 6.50. The first-order chi connectivity index (χ1) is 12.0. The van der Waals surface area contributed by atoms with Crippen molar-refractivity contribution in [2.45, 2.75) is 24.9 Å². The van der Waals surface area contributed by atoms with Gasteiger partial charge in [-0.25, -0.2) is 29.0 Å². The van der Waals surface area contributed by atoms with Crippen LogP contribution in [-0.4, -0.2) is 87.6 Å². The van der Waals surface area contributed by atoms with Crippen LogP contribution in [0.2, 0.25) is 0 Å². The average molecular weight is 382 g/mol. The van der Waals surface area contributed by atoms with Gasteiger partial charge in [-0.2, -0.15) is 0 Å². The highest BCUT2D eigenvalue weighted by atomic mass is 17.2. The molecular weight excluding hydrogens is 368 g/mol. The van der Waals surface area contributed by atoms with Gasteiger partial charge in [0.1, 0.15) is 12.7 Å². The standard InChI is InChI=1S/C12H14O14/c1-5(16)12(23-7(18)3-14,24-8(19)4-15)9(20)11(22)26-25-10(21)6(17)2-13/h3,5-6,13,15-17H,2,4H2,1H3. The zero-order valence-corrected chi connectivity index (χ0v) is 13.0. The summed E-state index contributed by atoms with van der Waals surface area (Å²) < 4.78 is 8.45. The molecular formula is C12H14O14. The number of hydrogen-bond acceptors (Lipinski definition) is 14. The van der Waals surface area contributed by atoms with Crippen LogP contribution in [0.5, 0.6) is 0 Å². The van der Waals surface area contributed by atoms with Gasteiger partial charge in [0.2, 0.25) is 6.29 Å². The number of ether oxygens (including phenoxy) is 2. The van der Waals surface area contributed by atoms with Crippen LogP contribution >= 0.6 is 0 Å². The van der Waals surface area contributed by atoms with Crippen molar-refractivity contribution < 1.29 is 68.4 Å². The van der Waals surface area contributed by atoms with Crippen molar-refractivity contribution in [3.63, 3.8) is 0 Å². The molecule has 0 saturated heterocycles. The van der Waals surface area contributed by atoms with E-state index in [4.69, 9.17) is 15.3 Å². The molecule has 0 aromatic heterocycles. The van der Waals surface area contributed by atoms with E-state index in [0.717, 1.165) is 0 Å². The molecule has 3 unspecified atom stereocenters. The lowest BCUT2D eigenvalue weighted by Crippen LogP contribution is -2.58. The van der Waals surface area contributed by atoms with Crippen LogP contribution < -0.4 is 0 Å². The van der Waals surface area contributed by atoms with Gasteiger partial charge in [0.15, 0.2) is 6.10 Å². The Balaban J connectivity index is 5.56. The summed E-state index contributed by atoms with van der Waals surface area (Å²) in [6, 6.07) is 0. The minimum Gasteiger partial charge on any atom is -0.410 e. The van der Waals surface area contributed by atoms with Crippen molar-refractivity contribution in [1.29, 1.82) is 0 Å². The van der Waals surface area contributed by atoms with Crippen LogP contribution in [0.15, 0.2) is 0 Å². The number of aliphatic hydroxyl groups is 4. The normalized spacial score (nSPS) is 14.8. The molecule has 0 aliphatic heterocycles. The number of hydrogen-bond donors (Lipinski definition) is 4. The summed E-state index contributed by atoms with van der Waals surface area (Å²) in [5.74, 6) is -13.0. The van der Waals surface area contributed by atoms with Crippen molar-refractivity contribution in [1.82, 2.24) is 0 Å². The van der Waals surface area contributed by atoms with E-state index in [1.54, 1.807) is 0 Å². The summed E-state index contributed by atoms with van der Waals surface area (Å²) >= 11 is 0. The van der Waals surface area contributed by atoms with Crippen molar-refractivity contribution in [2.24, 2.45) is 0 Å². The van der Waals surface area contributed by atoms with E-state index >= 15 is 0 Å². The smallest absolute Gasteiger partial charge is 0.410 e. The third-order valence-corrected chi connectivity index (χ3v) is 2.44. The number of aldehydes is 1. The van der Waals surface area contributed by atoms with E-state index in [-0.39, 0.29) is 0 Å². The molecule has 0 fully saturated rings. The Hall–Kier alpha value is -2.94. The molecule has 0 aliphatic rings. The Kier molecular flexibility index (Phi) is 9.00. The van der Waals surface area contributed by atoms with Gasteiger partial charge in [-0.3, -0.25) is 9.59 Å². The molecule has 146 valence electrons. The average Bonchev–Trinajstić information content (AvgIpc) is 2.62. The molecule has 3 atom stereocenters. The number of Topliss-reactive ketones (excluding diaryl/α,β-unsaturated/α-hetero) is 1. The lowest BCUT2D eigenvalue weighted by atomic mass is 10.1. The molecule has 0 bridgehead atoms. The quantitative estimate of drug-likeness (QED) is 0.0734. The molecule has 0 saturated carbocycles. The summed E-state index contributed by atoms with van der Waals surface area (Å²) in [5.41, 5.74) is 0. The molecule has 14 nitrogen and oxygen atoms in total. The summed E-state index contributed by atoms with van der Waals surface area (Å²) in [6.45, 7) is -1.80. The van der Waals surface area contributed by atoms with Gasteiger partial charge in [0, 0.05) is 0 Å². The second-order valence-corrected chi connectivity index (χ2v) is 4.32. The molecule has 26 heavy (non-hydrogen) atoms. The fourth-order valence-corrected chi connectivity index (χ4v) is 1.24. The zero-order valence-electron chi connectivity index (χ0n) is 13.0. The van der Waals surface area contributed by atoms with Crippen LogP contribution in [-0.2, 0) is 48.0 Å². The van der Waals surface area contributed by atoms with Crippen molar-refractivity contribution >= 4 is 35.9 Å². The molecule has 0 aliphatic carbocycles. The predicted molar refractivity (Wildman–Crippen MR) is 70.0 cm³/mol. The Morgan fingerprint density at radius 2 is 1.62 bits per heavy atom. The summed E-state index contributed by atoms with van der Waals surface area (Å²) in [7, 11) is 0. The SMILES string of the molecule is CC(O)C(OC(=O)C=O)(OC(=O)CO)C(=O)C(=O)OOC(=O)C(O)CO. The van der Waals surface area contributed by atoms with Crippen molar-refractivity contribution in [3.05, 3.63) is 0 Å². The van der Waals surface area contributed by atoms with Crippen LogP contribution in [0.1, 0.15) is 6.92 Å². The van der Waals surface area contributed by atoms with Crippen LogP contribution in [0, 0.1) is 0 Å². The van der Waals surface area contributed by atoms with Gasteiger partial charge >= 0.3 is 35.4 Å². The number of rotatable bonds is 9. The number of esters is 2. The second-order valence-electron chi connectivity index (χ2n) is 4.32. The molecule has 0 spiro atoms. The van der Waals surface area contributed by atoms with Crippen LogP contribution in [0.25, 0.3) is 0 Å². The summed E-state index contributed by atoms with van der Waals surface area (Å²) in [4.78, 5) is 74.8. The van der Waals surface area contributed by atoms with Gasteiger partial charge in [0.05, 0.1) is 6.61 Å². The van der Waals surface area contributed by atoms with Gasteiger partial charge in [-0.1, -0.05) is 0 Å². The largest absolute Gasteiger partial charge is 0.430 e. The molecule has 0 amide bonds. The monoisotopic (exact) mass is 382 g/mol. The summed E-state index contributed by atoms with van der Waals surface area (Å²) in [5, 5.41) is 35.6. The maximum Gasteiger partial charge on any atom is 0.430 e. The maximum absolute atomic E-state index is 12.1. The second kappa shape index (κ2) is 10.1. The number of carbonyl (C=O) groups is 6. The third-order valence-electron chi connectivity index (χ3n) is 2.44. The first kappa shape index (κ1) is 23.1. The van der Waals surface area contributed by atoms with E-state index in [1.165, 1.54) is 0 Å². The maximum atomic E-state index is 12.1. The van der Waals surface area contributed by atoms with Gasteiger partial charge in [-0.15, -0.1) is 0 Å². The Morgan fingerprint density at radius 3 is 2.04 bits per heavy atom. The zero-order chi connectivity index (χ0) is 20.5. The number of carbonyl (C=O) groups excluding carboxylic acids is 6. The minimum atomic E-state index is -3.45. The molecule has 0 aromatic rings. The molecule has 0 heterocycles. The minimum absolute atomic E-state index is 0.500. The Labute approximate surface area is 143 Å². The Bertz CT molecular complexity index is 580. The lowest BCUT2D eigenvalue weighted by Gasteiger charge is -2.31. The van der Waals surface area contributed by atoms with Gasteiger partial charge < -0.3 is 29.9 Å². The van der Waals surface area contributed by atoms with Crippen molar-refractivity contribution in [3.8, 4) is 0 Å². The van der Waals surface area contributed by atoms with Gasteiger partial charge in [0.25, 0.3) is 0 Å².